The van der Waals surface area contributed by atoms with E-state index in [0.717, 1.165) is 12.8 Å². The summed E-state index contributed by atoms with van der Waals surface area (Å²) in [7, 11) is 0. The Bertz CT molecular complexity index is 216. The highest BCUT2D eigenvalue weighted by Crippen LogP contribution is 2.23. The summed E-state index contributed by atoms with van der Waals surface area (Å²) < 4.78 is 10.6. The Kier molecular flexibility index (Phi) is 4.54. The van der Waals surface area contributed by atoms with Crippen molar-refractivity contribution in [2.75, 3.05) is 19.8 Å². The molecule has 1 atom stereocenters. The first-order chi connectivity index (χ1) is 7.03. The summed E-state index contributed by atoms with van der Waals surface area (Å²) in [5.41, 5.74) is -0.123. The van der Waals surface area contributed by atoms with Gasteiger partial charge in [0.05, 0.1) is 5.60 Å². The molecule has 0 aromatic rings. The van der Waals surface area contributed by atoms with Gasteiger partial charge in [0.2, 0.25) is 5.91 Å². The monoisotopic (exact) mass is 215 g/mol. The molecule has 0 spiro atoms. The molecule has 1 amide bonds. The second-order valence-corrected chi connectivity index (χ2v) is 4.50. The molecule has 0 aliphatic carbocycles. The number of carbonyl (C=O) groups excluding carboxylic acids is 1. The lowest BCUT2D eigenvalue weighted by Gasteiger charge is -2.35. The lowest BCUT2D eigenvalue weighted by Crippen LogP contribution is -2.46. The molecular weight excluding hydrogens is 194 g/mol. The molecule has 1 fully saturated rings. The van der Waals surface area contributed by atoms with Gasteiger partial charge in [-0.2, -0.15) is 0 Å². The fourth-order valence-corrected chi connectivity index (χ4v) is 1.82. The lowest BCUT2D eigenvalue weighted by atomic mass is 9.94. The Morgan fingerprint density at radius 3 is 2.93 bits per heavy atom. The highest BCUT2D eigenvalue weighted by molar-refractivity contribution is 5.77. The fourth-order valence-electron chi connectivity index (χ4n) is 1.82. The Morgan fingerprint density at radius 2 is 2.33 bits per heavy atom. The number of rotatable bonds is 4. The van der Waals surface area contributed by atoms with Crippen LogP contribution in [0.15, 0.2) is 0 Å². The van der Waals surface area contributed by atoms with E-state index >= 15 is 0 Å². The first-order valence-electron chi connectivity index (χ1n) is 5.54. The summed E-state index contributed by atoms with van der Waals surface area (Å²) in [6, 6.07) is 0.224. The molecule has 1 aliphatic heterocycles. The third kappa shape index (κ3) is 4.62. The topological polar surface area (TPSA) is 47.6 Å². The van der Waals surface area contributed by atoms with E-state index in [-0.39, 0.29) is 24.2 Å². The predicted octanol–water partition coefficient (Wildman–Crippen LogP) is 1.10. The minimum absolute atomic E-state index is 0.0282. The number of hydrogen-bond donors (Lipinski definition) is 1. The van der Waals surface area contributed by atoms with Gasteiger partial charge >= 0.3 is 0 Å². The molecular formula is C11H21NO3. The van der Waals surface area contributed by atoms with Crippen LogP contribution < -0.4 is 5.32 Å². The van der Waals surface area contributed by atoms with E-state index in [2.05, 4.69) is 5.32 Å². The molecule has 0 bridgehead atoms. The van der Waals surface area contributed by atoms with Gasteiger partial charge in [0.25, 0.3) is 0 Å². The highest BCUT2D eigenvalue weighted by Gasteiger charge is 2.29. The molecule has 4 nitrogen and oxygen atoms in total. The average molecular weight is 215 g/mol. The average Bonchev–Trinajstić information content (AvgIpc) is 2.13. The summed E-state index contributed by atoms with van der Waals surface area (Å²) in [4.78, 5) is 11.4. The van der Waals surface area contributed by atoms with E-state index in [1.807, 2.05) is 20.8 Å². The molecule has 15 heavy (non-hydrogen) atoms. The molecule has 0 saturated carbocycles. The first-order valence-corrected chi connectivity index (χ1v) is 5.54. The predicted molar refractivity (Wildman–Crippen MR) is 57.7 cm³/mol. The normalized spacial score (nSPS) is 24.9. The Hall–Kier alpha value is -0.610. The number of nitrogens with one attached hydrogen (secondary N) is 1. The molecule has 1 unspecified atom stereocenters. The Balaban J connectivity index is 2.28. The second-order valence-electron chi connectivity index (χ2n) is 4.50. The lowest BCUT2D eigenvalue weighted by molar-refractivity contribution is -0.128. The second kappa shape index (κ2) is 5.47. The molecule has 4 heteroatoms. The minimum Gasteiger partial charge on any atom is -0.375 e. The quantitative estimate of drug-likeness (QED) is 0.764. The Morgan fingerprint density at radius 1 is 1.60 bits per heavy atom. The highest BCUT2D eigenvalue weighted by atomic mass is 16.5. The van der Waals surface area contributed by atoms with Gasteiger partial charge in [-0.15, -0.1) is 0 Å². The molecule has 1 saturated heterocycles. The van der Waals surface area contributed by atoms with Gasteiger partial charge in [0, 0.05) is 19.3 Å². The van der Waals surface area contributed by atoms with Gasteiger partial charge in [-0.05, 0) is 33.6 Å². The molecule has 88 valence electrons. The van der Waals surface area contributed by atoms with Crippen LogP contribution in [0, 0.1) is 0 Å². The minimum atomic E-state index is -0.123. The third-order valence-electron chi connectivity index (χ3n) is 2.50. The number of amides is 1. The largest absolute Gasteiger partial charge is 0.375 e. The molecule has 1 rings (SSSR count). The maximum atomic E-state index is 11.4. The van der Waals surface area contributed by atoms with Gasteiger partial charge in [-0.1, -0.05) is 0 Å². The van der Waals surface area contributed by atoms with E-state index in [9.17, 15) is 4.79 Å². The van der Waals surface area contributed by atoms with E-state index < -0.39 is 0 Å². The van der Waals surface area contributed by atoms with Gasteiger partial charge in [-0.3, -0.25) is 4.79 Å². The van der Waals surface area contributed by atoms with Crippen LogP contribution in [0.5, 0.6) is 0 Å². The van der Waals surface area contributed by atoms with Crippen molar-refractivity contribution < 1.29 is 14.3 Å². The van der Waals surface area contributed by atoms with Crippen molar-refractivity contribution in [3.05, 3.63) is 0 Å². The summed E-state index contributed by atoms with van der Waals surface area (Å²) in [5.74, 6) is -0.0282. The SMILES string of the molecule is CCOCC(=O)NC1CCOC(C)(C)C1. The smallest absolute Gasteiger partial charge is 0.246 e. The fraction of sp³-hybridized carbons (Fsp3) is 0.909. The maximum Gasteiger partial charge on any atom is 0.246 e. The first kappa shape index (κ1) is 12.5. The van der Waals surface area contributed by atoms with Crippen LogP contribution in [0.2, 0.25) is 0 Å². The summed E-state index contributed by atoms with van der Waals surface area (Å²) in [6.07, 6.45) is 1.76. The van der Waals surface area contributed by atoms with Crippen molar-refractivity contribution in [3.63, 3.8) is 0 Å². The number of hydrogen-bond acceptors (Lipinski definition) is 3. The molecule has 0 aromatic heterocycles. The molecule has 0 aromatic carbocycles. The van der Waals surface area contributed by atoms with Crippen molar-refractivity contribution in [2.24, 2.45) is 0 Å². The van der Waals surface area contributed by atoms with E-state index in [4.69, 9.17) is 9.47 Å². The van der Waals surface area contributed by atoms with Crippen LogP contribution in [0.3, 0.4) is 0 Å². The molecule has 1 aliphatic rings. The van der Waals surface area contributed by atoms with Crippen LogP contribution in [0.4, 0.5) is 0 Å². The number of ether oxygens (including phenoxy) is 2. The van der Waals surface area contributed by atoms with E-state index in [0.29, 0.717) is 13.2 Å². The van der Waals surface area contributed by atoms with Gasteiger partial charge in [0.1, 0.15) is 6.61 Å². The van der Waals surface area contributed by atoms with Crippen LogP contribution in [0.1, 0.15) is 33.6 Å². The molecule has 1 heterocycles. The van der Waals surface area contributed by atoms with Crippen LogP contribution in [-0.2, 0) is 14.3 Å². The Labute approximate surface area is 91.3 Å². The molecule has 0 radical (unpaired) electrons. The van der Waals surface area contributed by atoms with E-state index in [1.54, 1.807) is 0 Å². The van der Waals surface area contributed by atoms with Gasteiger partial charge in [-0.25, -0.2) is 0 Å². The van der Waals surface area contributed by atoms with Gasteiger partial charge in [0.15, 0.2) is 0 Å². The zero-order valence-electron chi connectivity index (χ0n) is 9.84. The number of carbonyl (C=O) groups is 1. The summed E-state index contributed by atoms with van der Waals surface area (Å²) in [5, 5.41) is 2.97. The maximum absolute atomic E-state index is 11.4. The standard InChI is InChI=1S/C11H21NO3/c1-4-14-8-10(13)12-9-5-6-15-11(2,3)7-9/h9H,4-8H2,1-3H3,(H,12,13). The summed E-state index contributed by atoms with van der Waals surface area (Å²) >= 11 is 0. The zero-order valence-corrected chi connectivity index (χ0v) is 9.84. The van der Waals surface area contributed by atoms with Crippen molar-refractivity contribution in [1.82, 2.24) is 5.32 Å². The van der Waals surface area contributed by atoms with Crippen LogP contribution >= 0.6 is 0 Å². The zero-order chi connectivity index (χ0) is 11.3. The molecule has 1 N–H and O–H groups in total. The summed E-state index contributed by atoms with van der Waals surface area (Å²) in [6.45, 7) is 7.43. The van der Waals surface area contributed by atoms with Gasteiger partial charge < -0.3 is 14.8 Å². The van der Waals surface area contributed by atoms with Crippen molar-refractivity contribution >= 4 is 5.91 Å². The van der Waals surface area contributed by atoms with E-state index in [1.165, 1.54) is 0 Å². The van der Waals surface area contributed by atoms with Crippen LogP contribution in [0.25, 0.3) is 0 Å². The van der Waals surface area contributed by atoms with Crippen molar-refractivity contribution in [3.8, 4) is 0 Å². The van der Waals surface area contributed by atoms with Crippen LogP contribution in [-0.4, -0.2) is 37.4 Å². The third-order valence-corrected chi connectivity index (χ3v) is 2.50. The van der Waals surface area contributed by atoms with Crippen molar-refractivity contribution in [2.45, 2.75) is 45.3 Å². The van der Waals surface area contributed by atoms with Crippen molar-refractivity contribution in [1.29, 1.82) is 0 Å².